The Morgan fingerprint density at radius 3 is 2.73 bits per heavy atom. The number of carbonyl (C=O) groups excluding carboxylic acids is 1. The normalized spacial score (nSPS) is 22.8. The van der Waals surface area contributed by atoms with Gasteiger partial charge in [0.2, 0.25) is 5.91 Å². The van der Waals surface area contributed by atoms with E-state index in [9.17, 15) is 4.79 Å². The summed E-state index contributed by atoms with van der Waals surface area (Å²) >= 11 is 4.93. The summed E-state index contributed by atoms with van der Waals surface area (Å²) in [5.41, 5.74) is 5.59. The Morgan fingerprint density at radius 1 is 1.60 bits per heavy atom. The van der Waals surface area contributed by atoms with Crippen LogP contribution in [0.5, 0.6) is 0 Å². The molecule has 86 valence electrons. The Labute approximate surface area is 97.0 Å². The Hall–Kier alpha value is -0.640. The van der Waals surface area contributed by atoms with Gasteiger partial charge in [-0.2, -0.15) is 0 Å². The van der Waals surface area contributed by atoms with Gasteiger partial charge in [-0.25, -0.2) is 0 Å². The number of hydrogen-bond acceptors (Lipinski definition) is 2. The van der Waals surface area contributed by atoms with Gasteiger partial charge in [0.05, 0.1) is 10.9 Å². The fraction of sp³-hybridized carbons (Fsp3) is 0.818. The van der Waals surface area contributed by atoms with Crippen molar-refractivity contribution in [2.45, 2.75) is 45.6 Å². The smallest absolute Gasteiger partial charge is 0.232 e. The zero-order valence-corrected chi connectivity index (χ0v) is 10.3. The van der Waals surface area contributed by atoms with Gasteiger partial charge < -0.3 is 10.6 Å². The van der Waals surface area contributed by atoms with E-state index in [1.807, 2.05) is 11.8 Å². The van der Waals surface area contributed by atoms with Crippen molar-refractivity contribution >= 4 is 23.1 Å². The van der Waals surface area contributed by atoms with Crippen LogP contribution < -0.4 is 5.73 Å². The molecule has 1 saturated heterocycles. The summed E-state index contributed by atoms with van der Waals surface area (Å²) in [5.74, 6) is -0.124. The molecule has 1 aliphatic rings. The van der Waals surface area contributed by atoms with E-state index in [2.05, 4.69) is 6.92 Å². The van der Waals surface area contributed by atoms with Crippen molar-refractivity contribution in [1.29, 1.82) is 0 Å². The molecule has 0 aliphatic carbocycles. The van der Waals surface area contributed by atoms with Crippen LogP contribution in [-0.2, 0) is 4.79 Å². The minimum atomic E-state index is -0.257. The number of nitrogens with zero attached hydrogens (tertiary/aromatic N) is 1. The molecule has 1 amide bonds. The van der Waals surface area contributed by atoms with Crippen molar-refractivity contribution in [3.05, 3.63) is 0 Å². The van der Waals surface area contributed by atoms with E-state index < -0.39 is 0 Å². The maximum atomic E-state index is 12.1. The molecular formula is C11H20N2OS. The molecule has 2 unspecified atom stereocenters. The first-order valence-electron chi connectivity index (χ1n) is 5.71. The molecule has 0 aromatic rings. The maximum absolute atomic E-state index is 12.1. The predicted molar refractivity (Wildman–Crippen MR) is 65.6 cm³/mol. The summed E-state index contributed by atoms with van der Waals surface area (Å²) in [6.07, 6.45) is 3.97. The molecule has 4 heteroatoms. The van der Waals surface area contributed by atoms with Crippen molar-refractivity contribution in [3.63, 3.8) is 0 Å². The van der Waals surface area contributed by atoms with E-state index in [0.717, 1.165) is 25.8 Å². The third-order valence-electron chi connectivity index (χ3n) is 3.18. The summed E-state index contributed by atoms with van der Waals surface area (Å²) in [5, 5.41) is 0. The van der Waals surface area contributed by atoms with Gasteiger partial charge in [0, 0.05) is 12.6 Å². The van der Waals surface area contributed by atoms with E-state index >= 15 is 0 Å². The van der Waals surface area contributed by atoms with Crippen LogP contribution in [0.1, 0.15) is 39.5 Å². The van der Waals surface area contributed by atoms with Gasteiger partial charge >= 0.3 is 0 Å². The SMILES string of the molecule is CCC(C(=O)N1CCCC1CC)C(N)=S. The molecule has 1 heterocycles. The Kier molecular flexibility index (Phi) is 4.51. The van der Waals surface area contributed by atoms with Crippen LogP contribution in [0.3, 0.4) is 0 Å². The zero-order chi connectivity index (χ0) is 11.4. The largest absolute Gasteiger partial charge is 0.393 e. The first-order chi connectivity index (χ1) is 7.11. The molecule has 15 heavy (non-hydrogen) atoms. The summed E-state index contributed by atoms with van der Waals surface area (Å²) < 4.78 is 0. The maximum Gasteiger partial charge on any atom is 0.232 e. The molecule has 0 radical (unpaired) electrons. The van der Waals surface area contributed by atoms with E-state index in [0.29, 0.717) is 17.5 Å². The van der Waals surface area contributed by atoms with Crippen LogP contribution in [0.15, 0.2) is 0 Å². The van der Waals surface area contributed by atoms with Crippen molar-refractivity contribution < 1.29 is 4.79 Å². The van der Waals surface area contributed by atoms with E-state index in [1.54, 1.807) is 0 Å². The molecule has 0 saturated carbocycles. The van der Waals surface area contributed by atoms with Gasteiger partial charge in [-0.15, -0.1) is 0 Å². The summed E-state index contributed by atoms with van der Waals surface area (Å²) in [7, 11) is 0. The lowest BCUT2D eigenvalue weighted by Gasteiger charge is -2.27. The molecule has 0 bridgehead atoms. The second kappa shape index (κ2) is 5.45. The van der Waals surface area contributed by atoms with Crippen molar-refractivity contribution in [3.8, 4) is 0 Å². The minimum absolute atomic E-state index is 0.134. The molecular weight excluding hydrogens is 208 g/mol. The van der Waals surface area contributed by atoms with Crippen molar-refractivity contribution in [1.82, 2.24) is 4.90 Å². The number of thiocarbonyl (C=S) groups is 1. The number of rotatable bonds is 4. The Morgan fingerprint density at radius 2 is 2.27 bits per heavy atom. The van der Waals surface area contributed by atoms with Gasteiger partial charge in [-0.3, -0.25) is 4.79 Å². The number of carbonyl (C=O) groups is 1. The van der Waals surface area contributed by atoms with Crippen LogP contribution in [0, 0.1) is 5.92 Å². The molecule has 2 atom stereocenters. The average molecular weight is 228 g/mol. The first kappa shape index (κ1) is 12.4. The monoisotopic (exact) mass is 228 g/mol. The van der Waals surface area contributed by atoms with E-state index in [1.165, 1.54) is 0 Å². The minimum Gasteiger partial charge on any atom is -0.393 e. The van der Waals surface area contributed by atoms with Gasteiger partial charge in [-0.1, -0.05) is 26.1 Å². The fourth-order valence-corrected chi connectivity index (χ4v) is 2.52. The quantitative estimate of drug-likeness (QED) is 0.745. The molecule has 2 N–H and O–H groups in total. The highest BCUT2D eigenvalue weighted by Crippen LogP contribution is 2.23. The highest BCUT2D eigenvalue weighted by Gasteiger charge is 2.32. The lowest BCUT2D eigenvalue weighted by molar-refractivity contribution is -0.134. The number of nitrogens with two attached hydrogens (primary N) is 1. The lowest BCUT2D eigenvalue weighted by Crippen LogP contribution is -2.43. The van der Waals surface area contributed by atoms with Crippen molar-refractivity contribution in [2.75, 3.05) is 6.54 Å². The van der Waals surface area contributed by atoms with Crippen LogP contribution in [-0.4, -0.2) is 28.4 Å². The zero-order valence-electron chi connectivity index (χ0n) is 9.53. The highest BCUT2D eigenvalue weighted by atomic mass is 32.1. The highest BCUT2D eigenvalue weighted by molar-refractivity contribution is 7.80. The standard InChI is InChI=1S/C11H20N2OS/c1-3-8-6-5-7-13(8)11(14)9(4-2)10(12)15/h8-9H,3-7H2,1-2H3,(H2,12,15). The van der Waals surface area contributed by atoms with Crippen LogP contribution in [0.2, 0.25) is 0 Å². The molecule has 1 rings (SSSR count). The number of hydrogen-bond donors (Lipinski definition) is 1. The second-order valence-corrected chi connectivity index (χ2v) is 4.57. The van der Waals surface area contributed by atoms with Gasteiger partial charge in [0.15, 0.2) is 0 Å². The first-order valence-corrected chi connectivity index (χ1v) is 6.12. The third-order valence-corrected chi connectivity index (χ3v) is 3.47. The molecule has 1 fully saturated rings. The summed E-state index contributed by atoms with van der Waals surface area (Å²) in [6.45, 7) is 4.95. The van der Waals surface area contributed by atoms with E-state index in [4.69, 9.17) is 18.0 Å². The molecule has 0 aromatic heterocycles. The molecule has 3 nitrogen and oxygen atoms in total. The average Bonchev–Trinajstić information content (AvgIpc) is 2.65. The summed E-state index contributed by atoms with van der Waals surface area (Å²) in [4.78, 5) is 14.4. The predicted octanol–water partition coefficient (Wildman–Crippen LogP) is 1.70. The number of likely N-dealkylation sites (tertiary alicyclic amines) is 1. The molecule has 0 spiro atoms. The topological polar surface area (TPSA) is 46.3 Å². The fourth-order valence-electron chi connectivity index (χ4n) is 2.25. The molecule has 1 aliphatic heterocycles. The van der Waals surface area contributed by atoms with Crippen LogP contribution in [0.4, 0.5) is 0 Å². The lowest BCUT2D eigenvalue weighted by atomic mass is 10.0. The summed E-state index contributed by atoms with van der Waals surface area (Å²) in [6, 6.07) is 0.404. The second-order valence-electron chi connectivity index (χ2n) is 4.10. The van der Waals surface area contributed by atoms with Gasteiger partial charge in [-0.05, 0) is 25.7 Å². The third kappa shape index (κ3) is 2.68. The van der Waals surface area contributed by atoms with Crippen LogP contribution in [0.25, 0.3) is 0 Å². The van der Waals surface area contributed by atoms with Gasteiger partial charge in [0.25, 0.3) is 0 Å². The Balaban J connectivity index is 2.69. The van der Waals surface area contributed by atoms with Gasteiger partial charge in [0.1, 0.15) is 0 Å². The van der Waals surface area contributed by atoms with E-state index in [-0.39, 0.29) is 11.8 Å². The van der Waals surface area contributed by atoms with Crippen LogP contribution >= 0.6 is 12.2 Å². The molecule has 0 aromatic carbocycles. The number of amides is 1. The Bertz CT molecular complexity index is 255. The van der Waals surface area contributed by atoms with Crippen molar-refractivity contribution in [2.24, 2.45) is 11.7 Å².